The topological polar surface area (TPSA) is 43.8 Å². The molecule has 15 heavy (non-hydrogen) atoms. The van der Waals surface area contributed by atoms with Crippen LogP contribution in [-0.2, 0) is 0 Å². The fourth-order valence-corrected chi connectivity index (χ4v) is 2.68. The quantitative estimate of drug-likeness (QED) is 0.809. The SMILES string of the molecule is CC1CCC(n2cncc2[C@@H](C)N)C1C. The third kappa shape index (κ3) is 1.81. The highest BCUT2D eigenvalue weighted by Gasteiger charge is 2.32. The molecule has 0 radical (unpaired) electrons. The maximum absolute atomic E-state index is 5.95. The summed E-state index contributed by atoms with van der Waals surface area (Å²) in [6.45, 7) is 6.71. The summed E-state index contributed by atoms with van der Waals surface area (Å²) in [5.74, 6) is 1.55. The molecule has 3 nitrogen and oxygen atoms in total. The normalized spacial score (nSPS) is 33.2. The first-order valence-electron chi connectivity index (χ1n) is 5.88. The molecule has 4 atom stereocenters. The standard InChI is InChI=1S/C12H21N3/c1-8-4-5-11(9(8)2)15-7-14-6-12(15)10(3)13/h6-11H,4-5,13H2,1-3H3/t8?,9?,10-,11?/m1/s1. The molecule has 2 rings (SSSR count). The number of hydrogen-bond acceptors (Lipinski definition) is 2. The van der Waals surface area contributed by atoms with Crippen LogP contribution in [0.15, 0.2) is 12.5 Å². The maximum atomic E-state index is 5.95. The number of nitrogens with two attached hydrogens (primary N) is 1. The van der Waals surface area contributed by atoms with Gasteiger partial charge in [0.2, 0.25) is 0 Å². The van der Waals surface area contributed by atoms with Gasteiger partial charge in [-0.25, -0.2) is 4.98 Å². The maximum Gasteiger partial charge on any atom is 0.0951 e. The second-order valence-corrected chi connectivity index (χ2v) is 5.00. The Hall–Kier alpha value is -0.830. The van der Waals surface area contributed by atoms with Gasteiger partial charge in [-0.1, -0.05) is 13.8 Å². The summed E-state index contributed by atoms with van der Waals surface area (Å²) in [7, 11) is 0. The highest BCUT2D eigenvalue weighted by atomic mass is 15.1. The molecule has 84 valence electrons. The first-order valence-corrected chi connectivity index (χ1v) is 5.88. The molecule has 0 spiro atoms. The first kappa shape index (κ1) is 10.7. The van der Waals surface area contributed by atoms with Crippen LogP contribution in [0.2, 0.25) is 0 Å². The van der Waals surface area contributed by atoms with Crippen molar-refractivity contribution in [3.8, 4) is 0 Å². The van der Waals surface area contributed by atoms with Crippen LogP contribution in [0.5, 0.6) is 0 Å². The van der Waals surface area contributed by atoms with Crippen molar-refractivity contribution in [2.24, 2.45) is 17.6 Å². The van der Waals surface area contributed by atoms with E-state index in [4.69, 9.17) is 5.73 Å². The van der Waals surface area contributed by atoms with Gasteiger partial charge >= 0.3 is 0 Å². The van der Waals surface area contributed by atoms with Crippen molar-refractivity contribution in [3.63, 3.8) is 0 Å². The summed E-state index contributed by atoms with van der Waals surface area (Å²) >= 11 is 0. The molecule has 1 aromatic heterocycles. The van der Waals surface area contributed by atoms with Gasteiger partial charge in [-0.15, -0.1) is 0 Å². The minimum absolute atomic E-state index is 0.0793. The first-order chi connectivity index (χ1) is 7.11. The Bertz CT molecular complexity index is 329. The summed E-state index contributed by atoms with van der Waals surface area (Å²) in [5, 5.41) is 0. The van der Waals surface area contributed by atoms with E-state index in [1.165, 1.54) is 18.5 Å². The van der Waals surface area contributed by atoms with Gasteiger partial charge in [-0.3, -0.25) is 0 Å². The van der Waals surface area contributed by atoms with Crippen LogP contribution >= 0.6 is 0 Å². The fraction of sp³-hybridized carbons (Fsp3) is 0.750. The van der Waals surface area contributed by atoms with Gasteiger partial charge in [-0.2, -0.15) is 0 Å². The number of hydrogen-bond donors (Lipinski definition) is 1. The summed E-state index contributed by atoms with van der Waals surface area (Å²) in [6.07, 6.45) is 6.43. The average molecular weight is 207 g/mol. The van der Waals surface area contributed by atoms with Crippen LogP contribution in [0, 0.1) is 11.8 Å². The van der Waals surface area contributed by atoms with Crippen molar-refractivity contribution < 1.29 is 0 Å². The third-order valence-electron chi connectivity index (χ3n) is 3.94. The zero-order valence-corrected chi connectivity index (χ0v) is 9.85. The molecule has 0 saturated heterocycles. The van der Waals surface area contributed by atoms with Crippen molar-refractivity contribution in [1.82, 2.24) is 9.55 Å². The average Bonchev–Trinajstić information content (AvgIpc) is 2.75. The van der Waals surface area contributed by atoms with Gasteiger partial charge in [0.05, 0.1) is 12.0 Å². The number of rotatable bonds is 2. The molecule has 3 unspecified atom stereocenters. The van der Waals surface area contributed by atoms with E-state index >= 15 is 0 Å². The number of imidazole rings is 1. The van der Waals surface area contributed by atoms with Crippen molar-refractivity contribution in [3.05, 3.63) is 18.2 Å². The molecule has 3 heteroatoms. The summed E-state index contributed by atoms with van der Waals surface area (Å²) in [4.78, 5) is 4.23. The van der Waals surface area contributed by atoms with Crippen molar-refractivity contribution in [1.29, 1.82) is 0 Å². The lowest BCUT2D eigenvalue weighted by molar-refractivity contribution is 0.344. The molecule has 1 saturated carbocycles. The van der Waals surface area contributed by atoms with Crippen LogP contribution in [0.25, 0.3) is 0 Å². The van der Waals surface area contributed by atoms with Gasteiger partial charge in [-0.05, 0) is 31.6 Å². The largest absolute Gasteiger partial charge is 0.330 e. The zero-order valence-electron chi connectivity index (χ0n) is 9.85. The van der Waals surface area contributed by atoms with Gasteiger partial charge < -0.3 is 10.3 Å². The van der Waals surface area contributed by atoms with E-state index in [2.05, 4.69) is 23.4 Å². The summed E-state index contributed by atoms with van der Waals surface area (Å²) in [6, 6.07) is 0.680. The van der Waals surface area contributed by atoms with Crippen molar-refractivity contribution in [2.75, 3.05) is 0 Å². The van der Waals surface area contributed by atoms with Gasteiger partial charge in [0.15, 0.2) is 0 Å². The smallest absolute Gasteiger partial charge is 0.0951 e. The second-order valence-electron chi connectivity index (χ2n) is 5.00. The summed E-state index contributed by atoms with van der Waals surface area (Å²) < 4.78 is 2.29. The second kappa shape index (κ2) is 3.97. The summed E-state index contributed by atoms with van der Waals surface area (Å²) in [5.41, 5.74) is 7.11. The Morgan fingerprint density at radius 2 is 2.20 bits per heavy atom. The van der Waals surface area contributed by atoms with Crippen LogP contribution in [0.4, 0.5) is 0 Å². The molecule has 1 fully saturated rings. The van der Waals surface area contributed by atoms with Crippen LogP contribution < -0.4 is 5.73 Å². The van der Waals surface area contributed by atoms with Crippen molar-refractivity contribution >= 4 is 0 Å². The van der Waals surface area contributed by atoms with E-state index < -0.39 is 0 Å². The monoisotopic (exact) mass is 207 g/mol. The number of aromatic nitrogens is 2. The predicted molar refractivity (Wildman–Crippen MR) is 61.4 cm³/mol. The van der Waals surface area contributed by atoms with Gasteiger partial charge in [0, 0.05) is 18.3 Å². The van der Waals surface area contributed by atoms with E-state index in [9.17, 15) is 0 Å². The minimum Gasteiger partial charge on any atom is -0.330 e. The molecule has 0 aliphatic heterocycles. The van der Waals surface area contributed by atoms with E-state index in [1.807, 2.05) is 19.4 Å². The van der Waals surface area contributed by atoms with Gasteiger partial charge in [0.1, 0.15) is 0 Å². The fourth-order valence-electron chi connectivity index (χ4n) is 2.68. The highest BCUT2D eigenvalue weighted by molar-refractivity contribution is 5.06. The number of nitrogens with zero attached hydrogens (tertiary/aromatic N) is 2. The van der Waals surface area contributed by atoms with Crippen LogP contribution in [0.3, 0.4) is 0 Å². The molecular formula is C12H21N3. The Labute approximate surface area is 91.7 Å². The van der Waals surface area contributed by atoms with Crippen LogP contribution in [-0.4, -0.2) is 9.55 Å². The Morgan fingerprint density at radius 3 is 2.73 bits per heavy atom. The third-order valence-corrected chi connectivity index (χ3v) is 3.94. The molecule has 1 heterocycles. The lowest BCUT2D eigenvalue weighted by Gasteiger charge is -2.23. The van der Waals surface area contributed by atoms with Gasteiger partial charge in [0.25, 0.3) is 0 Å². The zero-order chi connectivity index (χ0) is 11.0. The Morgan fingerprint density at radius 1 is 1.47 bits per heavy atom. The molecule has 0 aromatic carbocycles. The Balaban J connectivity index is 2.26. The van der Waals surface area contributed by atoms with E-state index in [-0.39, 0.29) is 6.04 Å². The van der Waals surface area contributed by atoms with Crippen molar-refractivity contribution in [2.45, 2.75) is 45.7 Å². The predicted octanol–water partition coefficient (Wildman–Crippen LogP) is 2.51. The molecule has 1 aromatic rings. The molecule has 0 amide bonds. The Kier molecular flexibility index (Phi) is 2.83. The molecule has 1 aliphatic rings. The molecule has 2 N–H and O–H groups in total. The van der Waals surface area contributed by atoms with E-state index in [1.54, 1.807) is 0 Å². The molecular weight excluding hydrogens is 186 g/mol. The lowest BCUT2D eigenvalue weighted by atomic mass is 9.97. The minimum atomic E-state index is 0.0793. The molecule has 0 bridgehead atoms. The lowest BCUT2D eigenvalue weighted by Crippen LogP contribution is -2.19. The molecule has 1 aliphatic carbocycles. The van der Waals surface area contributed by atoms with Crippen LogP contribution in [0.1, 0.15) is 51.4 Å². The van der Waals surface area contributed by atoms with E-state index in [0.717, 1.165) is 11.8 Å². The van der Waals surface area contributed by atoms with E-state index in [0.29, 0.717) is 6.04 Å². The highest BCUT2D eigenvalue weighted by Crippen LogP contribution is 2.40.